The molecule has 0 aliphatic carbocycles. The van der Waals surface area contributed by atoms with E-state index in [0.717, 1.165) is 10.4 Å². The number of halogens is 2. The maximum atomic E-state index is 12.7. The largest absolute Gasteiger partial charge is 0.462 e. The van der Waals surface area contributed by atoms with Gasteiger partial charge in [0.25, 0.3) is 5.91 Å². The Morgan fingerprint density at radius 1 is 1.25 bits per heavy atom. The summed E-state index contributed by atoms with van der Waals surface area (Å²) < 4.78 is 10.8. The van der Waals surface area contributed by atoms with Gasteiger partial charge in [0, 0.05) is 21.5 Å². The molecular weight excluding hydrogens is 471 g/mol. The lowest BCUT2D eigenvalue weighted by Crippen LogP contribution is -2.16. The molecule has 2 aromatic heterocycles. The van der Waals surface area contributed by atoms with E-state index in [-0.39, 0.29) is 17.7 Å². The Kier molecular flexibility index (Phi) is 7.41. The van der Waals surface area contributed by atoms with Crippen LogP contribution in [-0.2, 0) is 9.53 Å². The molecule has 32 heavy (non-hydrogen) atoms. The van der Waals surface area contributed by atoms with Crippen LogP contribution < -0.4 is 5.32 Å². The van der Waals surface area contributed by atoms with Gasteiger partial charge in [-0.25, -0.2) is 4.79 Å². The minimum atomic E-state index is -0.665. The van der Waals surface area contributed by atoms with Crippen LogP contribution in [0, 0.1) is 25.2 Å². The average Bonchev–Trinajstić information content (AvgIpc) is 3.30. The van der Waals surface area contributed by atoms with Gasteiger partial charge < -0.3 is 14.5 Å². The number of carbonyl (C=O) groups excluding carboxylic acids is 2. The minimum absolute atomic E-state index is 0.188. The lowest BCUT2D eigenvalue weighted by Gasteiger charge is -2.06. The molecule has 0 radical (unpaired) electrons. The second-order valence-corrected chi connectivity index (χ2v) is 8.73. The van der Waals surface area contributed by atoms with E-state index in [2.05, 4.69) is 5.32 Å². The first kappa shape index (κ1) is 23.6. The van der Waals surface area contributed by atoms with Gasteiger partial charge in [0.15, 0.2) is 0 Å². The molecule has 0 unspecified atom stereocenters. The van der Waals surface area contributed by atoms with E-state index in [1.807, 2.05) is 13.0 Å². The standard InChI is InChI=1S/C23H18Cl2N2O4S/c1-4-30-23(29)20-12(2)13(3)32-22(20)27-21(28)14(11-26)9-16-6-8-19(31-16)17-7-5-15(24)10-18(17)25/h5-10H,4H2,1-3H3,(H,27,28)/b14-9+. The number of ether oxygens (including phenoxy) is 1. The third-order valence-corrected chi connectivity index (χ3v) is 6.24. The van der Waals surface area contributed by atoms with E-state index in [9.17, 15) is 14.9 Å². The number of carbonyl (C=O) groups is 2. The number of hydrogen-bond acceptors (Lipinski definition) is 6. The monoisotopic (exact) mass is 488 g/mol. The Balaban J connectivity index is 1.86. The molecule has 0 spiro atoms. The van der Waals surface area contributed by atoms with Crippen LogP contribution in [0.1, 0.15) is 33.5 Å². The number of anilines is 1. The van der Waals surface area contributed by atoms with Gasteiger partial charge in [0.2, 0.25) is 0 Å². The lowest BCUT2D eigenvalue weighted by atomic mass is 10.1. The summed E-state index contributed by atoms with van der Waals surface area (Å²) in [6, 6.07) is 10.2. The Morgan fingerprint density at radius 3 is 2.66 bits per heavy atom. The van der Waals surface area contributed by atoms with E-state index in [4.69, 9.17) is 32.4 Å². The van der Waals surface area contributed by atoms with Gasteiger partial charge in [0.05, 0.1) is 17.2 Å². The van der Waals surface area contributed by atoms with Crippen molar-refractivity contribution >= 4 is 57.5 Å². The van der Waals surface area contributed by atoms with Crippen molar-refractivity contribution in [2.75, 3.05) is 11.9 Å². The highest BCUT2D eigenvalue weighted by molar-refractivity contribution is 7.16. The van der Waals surface area contributed by atoms with Crippen molar-refractivity contribution in [3.8, 4) is 17.4 Å². The number of thiophene rings is 1. The maximum absolute atomic E-state index is 12.7. The molecule has 0 aliphatic heterocycles. The molecule has 1 N–H and O–H groups in total. The highest BCUT2D eigenvalue weighted by atomic mass is 35.5. The minimum Gasteiger partial charge on any atom is -0.462 e. The predicted molar refractivity (Wildman–Crippen MR) is 126 cm³/mol. The van der Waals surface area contributed by atoms with Gasteiger partial charge in [-0.2, -0.15) is 5.26 Å². The van der Waals surface area contributed by atoms with Crippen LogP contribution >= 0.6 is 34.5 Å². The molecular formula is C23H18Cl2N2O4S. The quantitative estimate of drug-likeness (QED) is 0.238. The first-order chi connectivity index (χ1) is 15.2. The van der Waals surface area contributed by atoms with Crippen molar-refractivity contribution in [3.05, 3.63) is 67.7 Å². The number of esters is 1. The van der Waals surface area contributed by atoms with E-state index in [1.165, 1.54) is 17.4 Å². The van der Waals surface area contributed by atoms with Crippen molar-refractivity contribution in [1.82, 2.24) is 0 Å². The molecule has 9 heteroatoms. The van der Waals surface area contributed by atoms with Gasteiger partial charge in [-0.1, -0.05) is 23.2 Å². The van der Waals surface area contributed by atoms with Gasteiger partial charge >= 0.3 is 5.97 Å². The van der Waals surface area contributed by atoms with Crippen molar-refractivity contribution in [1.29, 1.82) is 5.26 Å². The van der Waals surface area contributed by atoms with E-state index >= 15 is 0 Å². The zero-order valence-corrected chi connectivity index (χ0v) is 19.7. The summed E-state index contributed by atoms with van der Waals surface area (Å²) in [4.78, 5) is 25.9. The smallest absolute Gasteiger partial charge is 0.341 e. The average molecular weight is 489 g/mol. The summed E-state index contributed by atoms with van der Waals surface area (Å²) in [6.07, 6.45) is 1.32. The molecule has 3 rings (SSSR count). The molecule has 6 nitrogen and oxygen atoms in total. The van der Waals surface area contributed by atoms with E-state index in [1.54, 1.807) is 44.2 Å². The molecule has 0 saturated carbocycles. The van der Waals surface area contributed by atoms with Crippen LogP contribution in [0.15, 0.2) is 40.3 Å². The molecule has 0 fully saturated rings. The summed E-state index contributed by atoms with van der Waals surface area (Å²) in [5.41, 5.74) is 1.45. The van der Waals surface area contributed by atoms with E-state index in [0.29, 0.717) is 32.1 Å². The van der Waals surface area contributed by atoms with Crippen molar-refractivity contribution < 1.29 is 18.7 Å². The van der Waals surface area contributed by atoms with E-state index < -0.39 is 11.9 Å². The molecule has 1 aromatic carbocycles. The third-order valence-electron chi connectivity index (χ3n) is 4.57. The molecule has 0 saturated heterocycles. The Bertz CT molecular complexity index is 1270. The summed E-state index contributed by atoms with van der Waals surface area (Å²) in [5, 5.41) is 13.4. The van der Waals surface area contributed by atoms with Crippen LogP contribution in [0.5, 0.6) is 0 Å². The Hall–Kier alpha value is -3.05. The van der Waals surface area contributed by atoms with Crippen LogP contribution in [0.4, 0.5) is 5.00 Å². The summed E-state index contributed by atoms with van der Waals surface area (Å²) in [6.45, 7) is 5.53. The fourth-order valence-electron chi connectivity index (χ4n) is 2.89. The number of nitrogens with one attached hydrogen (secondary N) is 1. The van der Waals surface area contributed by atoms with Gasteiger partial charge in [-0.15, -0.1) is 11.3 Å². The second-order valence-electron chi connectivity index (χ2n) is 6.66. The van der Waals surface area contributed by atoms with Crippen LogP contribution in [-0.4, -0.2) is 18.5 Å². The first-order valence-electron chi connectivity index (χ1n) is 9.50. The Labute approximate surface area is 199 Å². The zero-order valence-electron chi connectivity index (χ0n) is 17.4. The van der Waals surface area contributed by atoms with Crippen LogP contribution in [0.3, 0.4) is 0 Å². The summed E-state index contributed by atoms with van der Waals surface area (Å²) in [5.74, 6) is -0.434. The van der Waals surface area contributed by atoms with Crippen molar-refractivity contribution in [2.24, 2.45) is 0 Å². The topological polar surface area (TPSA) is 92.3 Å². The second kappa shape index (κ2) is 10.0. The molecule has 164 valence electrons. The Morgan fingerprint density at radius 2 is 2.00 bits per heavy atom. The molecule has 3 aromatic rings. The van der Waals surface area contributed by atoms with Gasteiger partial charge in [0.1, 0.15) is 28.2 Å². The number of furan rings is 1. The normalized spacial score (nSPS) is 11.2. The first-order valence-corrected chi connectivity index (χ1v) is 11.1. The molecule has 1 amide bonds. The number of hydrogen-bond donors (Lipinski definition) is 1. The summed E-state index contributed by atoms with van der Waals surface area (Å²) >= 11 is 13.4. The number of nitriles is 1. The fourth-order valence-corrected chi connectivity index (χ4v) is 4.44. The lowest BCUT2D eigenvalue weighted by molar-refractivity contribution is -0.112. The van der Waals surface area contributed by atoms with Crippen molar-refractivity contribution in [2.45, 2.75) is 20.8 Å². The molecule has 0 atom stereocenters. The van der Waals surface area contributed by atoms with Crippen LogP contribution in [0.25, 0.3) is 17.4 Å². The SMILES string of the molecule is CCOC(=O)c1c(NC(=O)/C(C#N)=C/c2ccc(-c3ccc(Cl)cc3Cl)o2)sc(C)c1C. The number of rotatable bonds is 6. The number of benzene rings is 1. The molecule has 0 aliphatic rings. The molecule has 0 bridgehead atoms. The maximum Gasteiger partial charge on any atom is 0.341 e. The van der Waals surface area contributed by atoms with Crippen LogP contribution in [0.2, 0.25) is 10.0 Å². The van der Waals surface area contributed by atoms with Gasteiger partial charge in [-0.05, 0) is 56.7 Å². The highest BCUT2D eigenvalue weighted by Crippen LogP contribution is 2.34. The number of aryl methyl sites for hydroxylation is 1. The highest BCUT2D eigenvalue weighted by Gasteiger charge is 2.23. The fraction of sp³-hybridized carbons (Fsp3) is 0.174. The summed E-state index contributed by atoms with van der Waals surface area (Å²) in [7, 11) is 0. The zero-order chi connectivity index (χ0) is 23.4. The van der Waals surface area contributed by atoms with Gasteiger partial charge in [-0.3, -0.25) is 4.79 Å². The number of nitrogens with zero attached hydrogens (tertiary/aromatic N) is 1. The molecule has 2 heterocycles. The predicted octanol–water partition coefficient (Wildman–Crippen LogP) is 6.65. The third kappa shape index (κ3) is 5.05. The van der Waals surface area contributed by atoms with Crippen molar-refractivity contribution in [3.63, 3.8) is 0 Å². The number of amides is 1.